The van der Waals surface area contributed by atoms with Crippen molar-refractivity contribution in [2.75, 3.05) is 5.73 Å². The number of benzene rings is 2. The highest BCUT2D eigenvalue weighted by atomic mass is 127. The Balaban J connectivity index is 2.46. The summed E-state index contributed by atoms with van der Waals surface area (Å²) in [5, 5.41) is 17.8. The van der Waals surface area contributed by atoms with Gasteiger partial charge in [0.1, 0.15) is 17.6 Å². The monoisotopic (exact) mass is 379 g/mol. The Morgan fingerprint density at radius 3 is 2.50 bits per heavy atom. The summed E-state index contributed by atoms with van der Waals surface area (Å²) >= 11 is 1.98. The Morgan fingerprint density at radius 2 is 1.90 bits per heavy atom. The van der Waals surface area contributed by atoms with Gasteiger partial charge in [0.05, 0.1) is 26.5 Å². The summed E-state index contributed by atoms with van der Waals surface area (Å²) in [6.45, 7) is 0. The fraction of sp³-hybridized carbons (Fsp3) is 0. The summed E-state index contributed by atoms with van der Waals surface area (Å²) < 4.78 is 19.3. The van der Waals surface area contributed by atoms with Gasteiger partial charge in [-0.2, -0.15) is 10.5 Å². The zero-order chi connectivity index (χ0) is 14.7. The molecule has 2 rings (SSSR count). The molecule has 6 heteroatoms. The van der Waals surface area contributed by atoms with Gasteiger partial charge in [-0.1, -0.05) is 0 Å². The van der Waals surface area contributed by atoms with Crippen LogP contribution in [0.5, 0.6) is 11.5 Å². The maximum atomic E-state index is 13.1. The number of nitriles is 2. The lowest BCUT2D eigenvalue weighted by Crippen LogP contribution is -1.97. The lowest BCUT2D eigenvalue weighted by atomic mass is 10.2. The summed E-state index contributed by atoms with van der Waals surface area (Å²) in [4.78, 5) is 0. The van der Waals surface area contributed by atoms with Crippen LogP contribution in [-0.2, 0) is 0 Å². The topological polar surface area (TPSA) is 82.8 Å². The normalized spacial score (nSPS) is 9.60. The standard InChI is InChI=1S/C14H7FIN3O/c15-10-1-2-13(9(5-10)7-18)20-14-11(16)3-8(6-17)4-12(14)19/h1-5H,19H2. The molecule has 0 heterocycles. The third-order valence-corrected chi connectivity index (χ3v) is 3.28. The van der Waals surface area contributed by atoms with Crippen molar-refractivity contribution in [3.8, 4) is 23.6 Å². The van der Waals surface area contributed by atoms with Crippen LogP contribution in [0.4, 0.5) is 10.1 Å². The Labute approximate surface area is 128 Å². The Kier molecular flexibility index (Phi) is 4.06. The highest BCUT2D eigenvalue weighted by Gasteiger charge is 2.12. The fourth-order valence-corrected chi connectivity index (χ4v) is 2.33. The SMILES string of the molecule is N#Cc1cc(N)c(Oc2ccc(F)cc2C#N)c(I)c1. The van der Waals surface area contributed by atoms with Crippen LogP contribution in [0.2, 0.25) is 0 Å². The molecular formula is C14H7FIN3O. The van der Waals surface area contributed by atoms with Crippen LogP contribution >= 0.6 is 22.6 Å². The van der Waals surface area contributed by atoms with Crippen LogP contribution < -0.4 is 10.5 Å². The molecule has 0 aliphatic rings. The Morgan fingerprint density at radius 1 is 1.15 bits per heavy atom. The molecule has 2 N–H and O–H groups in total. The van der Waals surface area contributed by atoms with Gasteiger partial charge in [-0.15, -0.1) is 0 Å². The highest BCUT2D eigenvalue weighted by molar-refractivity contribution is 14.1. The third kappa shape index (κ3) is 2.81. The Hall–Kier alpha value is -2.32. The second-order valence-corrected chi connectivity index (χ2v) is 5.00. The van der Waals surface area contributed by atoms with Crippen molar-refractivity contribution in [1.82, 2.24) is 0 Å². The highest BCUT2D eigenvalue weighted by Crippen LogP contribution is 2.35. The van der Waals surface area contributed by atoms with E-state index in [2.05, 4.69) is 0 Å². The smallest absolute Gasteiger partial charge is 0.163 e. The summed E-state index contributed by atoms with van der Waals surface area (Å²) in [5.74, 6) is 0.0346. The van der Waals surface area contributed by atoms with E-state index in [-0.39, 0.29) is 17.0 Å². The van der Waals surface area contributed by atoms with Gasteiger partial charge in [0.2, 0.25) is 0 Å². The zero-order valence-electron chi connectivity index (χ0n) is 10.0. The second kappa shape index (κ2) is 5.76. The molecule has 0 saturated heterocycles. The first-order valence-electron chi connectivity index (χ1n) is 5.41. The van der Waals surface area contributed by atoms with E-state index in [9.17, 15) is 4.39 Å². The average Bonchev–Trinajstić information content (AvgIpc) is 2.43. The third-order valence-electron chi connectivity index (χ3n) is 2.48. The maximum Gasteiger partial charge on any atom is 0.163 e. The quantitative estimate of drug-likeness (QED) is 0.639. The number of nitrogens with two attached hydrogens (primary N) is 1. The van der Waals surface area contributed by atoms with Crippen molar-refractivity contribution in [2.24, 2.45) is 0 Å². The van der Waals surface area contributed by atoms with E-state index in [1.807, 2.05) is 34.7 Å². The van der Waals surface area contributed by atoms with Crippen molar-refractivity contribution < 1.29 is 9.13 Å². The molecule has 0 radical (unpaired) electrons. The maximum absolute atomic E-state index is 13.1. The van der Waals surface area contributed by atoms with Crippen molar-refractivity contribution in [3.63, 3.8) is 0 Å². The fourth-order valence-electron chi connectivity index (χ4n) is 1.58. The molecule has 2 aromatic rings. The minimum absolute atomic E-state index is 0.0737. The number of nitrogen functional groups attached to an aromatic ring is 1. The number of rotatable bonds is 2. The van der Waals surface area contributed by atoms with Crippen LogP contribution in [0, 0.1) is 32.0 Å². The summed E-state index contributed by atoms with van der Waals surface area (Å²) in [7, 11) is 0. The van der Waals surface area contributed by atoms with Gasteiger partial charge in [0.15, 0.2) is 5.75 Å². The molecule has 0 atom stereocenters. The van der Waals surface area contributed by atoms with Crippen molar-refractivity contribution in [1.29, 1.82) is 10.5 Å². The second-order valence-electron chi connectivity index (χ2n) is 3.84. The van der Waals surface area contributed by atoms with Gasteiger partial charge in [-0.3, -0.25) is 0 Å². The van der Waals surface area contributed by atoms with Crippen LogP contribution in [0.3, 0.4) is 0 Å². The van der Waals surface area contributed by atoms with E-state index in [0.717, 1.165) is 6.07 Å². The van der Waals surface area contributed by atoms with Gasteiger partial charge in [-0.05, 0) is 52.9 Å². The van der Waals surface area contributed by atoms with Crippen LogP contribution in [0.25, 0.3) is 0 Å². The molecule has 2 aromatic carbocycles. The molecule has 0 unspecified atom stereocenters. The van der Waals surface area contributed by atoms with Crippen molar-refractivity contribution >= 4 is 28.3 Å². The van der Waals surface area contributed by atoms with E-state index in [0.29, 0.717) is 14.9 Å². The zero-order valence-corrected chi connectivity index (χ0v) is 12.2. The predicted molar refractivity (Wildman–Crippen MR) is 79.5 cm³/mol. The minimum Gasteiger partial charge on any atom is -0.453 e. The molecule has 0 aliphatic carbocycles. The minimum atomic E-state index is -0.517. The average molecular weight is 379 g/mol. The van der Waals surface area contributed by atoms with E-state index >= 15 is 0 Å². The molecule has 4 nitrogen and oxygen atoms in total. The van der Waals surface area contributed by atoms with Crippen LogP contribution in [0.1, 0.15) is 11.1 Å². The molecule has 0 bridgehead atoms. The number of hydrogen-bond acceptors (Lipinski definition) is 4. The molecule has 0 aliphatic heterocycles. The molecule has 98 valence electrons. The van der Waals surface area contributed by atoms with E-state index in [1.54, 1.807) is 6.07 Å². The van der Waals surface area contributed by atoms with E-state index in [1.165, 1.54) is 18.2 Å². The first-order valence-corrected chi connectivity index (χ1v) is 6.49. The number of nitrogens with zero attached hydrogens (tertiary/aromatic N) is 2. The number of hydrogen-bond donors (Lipinski definition) is 1. The first kappa shape index (κ1) is 14.1. The molecule has 0 fully saturated rings. The number of anilines is 1. The summed E-state index contributed by atoms with van der Waals surface area (Å²) in [5.41, 5.74) is 6.60. The molecule has 0 amide bonds. The van der Waals surface area contributed by atoms with Gasteiger partial charge >= 0.3 is 0 Å². The lowest BCUT2D eigenvalue weighted by molar-refractivity contribution is 0.478. The molecule has 0 saturated carbocycles. The van der Waals surface area contributed by atoms with Crippen LogP contribution in [-0.4, -0.2) is 0 Å². The van der Waals surface area contributed by atoms with Gasteiger partial charge in [0.25, 0.3) is 0 Å². The Bertz CT molecular complexity index is 739. The van der Waals surface area contributed by atoms with Gasteiger partial charge < -0.3 is 10.5 Å². The summed E-state index contributed by atoms with van der Waals surface area (Å²) in [6, 6.07) is 10.6. The predicted octanol–water partition coefficient (Wildman–Crippen LogP) is 3.55. The summed E-state index contributed by atoms with van der Waals surface area (Å²) in [6.07, 6.45) is 0. The largest absolute Gasteiger partial charge is 0.453 e. The molecule has 0 aromatic heterocycles. The van der Waals surface area contributed by atoms with Gasteiger partial charge in [0, 0.05) is 0 Å². The van der Waals surface area contributed by atoms with Gasteiger partial charge in [-0.25, -0.2) is 4.39 Å². The number of halogens is 2. The number of ether oxygens (including phenoxy) is 1. The molecule has 20 heavy (non-hydrogen) atoms. The van der Waals surface area contributed by atoms with Crippen molar-refractivity contribution in [2.45, 2.75) is 0 Å². The van der Waals surface area contributed by atoms with Crippen molar-refractivity contribution in [3.05, 3.63) is 50.8 Å². The molecule has 0 spiro atoms. The van der Waals surface area contributed by atoms with E-state index in [4.69, 9.17) is 21.0 Å². The van der Waals surface area contributed by atoms with Crippen LogP contribution in [0.15, 0.2) is 30.3 Å². The lowest BCUT2D eigenvalue weighted by Gasteiger charge is -2.12. The first-order chi connectivity index (χ1) is 9.55. The molecular weight excluding hydrogens is 372 g/mol. The van der Waals surface area contributed by atoms with E-state index < -0.39 is 5.82 Å².